The van der Waals surface area contributed by atoms with Crippen molar-refractivity contribution in [3.63, 3.8) is 0 Å². The largest absolute Gasteiger partial charge is 0.303 e. The first-order chi connectivity index (χ1) is 7.34. The van der Waals surface area contributed by atoms with Crippen LogP contribution in [0.5, 0.6) is 0 Å². The highest BCUT2D eigenvalue weighted by molar-refractivity contribution is 8.00. The molecular weight excluding hydrogens is 226 g/mol. The number of hydrogen-bond donors (Lipinski definition) is 1. The van der Waals surface area contributed by atoms with Gasteiger partial charge in [0.1, 0.15) is 5.82 Å². The molecule has 0 bridgehead atoms. The van der Waals surface area contributed by atoms with Gasteiger partial charge in [-0.05, 0) is 43.7 Å². The van der Waals surface area contributed by atoms with E-state index >= 15 is 0 Å². The molecule has 2 fully saturated rings. The van der Waals surface area contributed by atoms with Crippen LogP contribution in [0.3, 0.4) is 0 Å². The van der Waals surface area contributed by atoms with Crippen molar-refractivity contribution in [1.82, 2.24) is 14.8 Å². The van der Waals surface area contributed by atoms with Gasteiger partial charge in [0.15, 0.2) is 4.77 Å². The maximum Gasteiger partial charge on any atom is 0.195 e. The van der Waals surface area contributed by atoms with Gasteiger partial charge in [0.25, 0.3) is 0 Å². The van der Waals surface area contributed by atoms with Crippen LogP contribution in [0.4, 0.5) is 0 Å². The molecule has 2 heterocycles. The predicted octanol–water partition coefficient (Wildman–Crippen LogP) is 2.71. The van der Waals surface area contributed by atoms with E-state index < -0.39 is 0 Å². The predicted molar refractivity (Wildman–Crippen MR) is 64.9 cm³/mol. The smallest absolute Gasteiger partial charge is 0.195 e. The van der Waals surface area contributed by atoms with Crippen molar-refractivity contribution in [1.29, 1.82) is 0 Å². The molecule has 3 rings (SSSR count). The number of aromatic amines is 1. The van der Waals surface area contributed by atoms with E-state index in [0.29, 0.717) is 5.92 Å². The third-order valence-electron chi connectivity index (χ3n) is 3.14. The molecule has 2 aliphatic rings. The molecule has 1 unspecified atom stereocenters. The third kappa shape index (κ3) is 1.99. The lowest BCUT2D eigenvalue weighted by Crippen LogP contribution is -2.12. The van der Waals surface area contributed by atoms with Crippen LogP contribution in [0.25, 0.3) is 0 Å². The van der Waals surface area contributed by atoms with Gasteiger partial charge in [-0.3, -0.25) is 5.10 Å². The van der Waals surface area contributed by atoms with Crippen molar-refractivity contribution in [2.75, 3.05) is 5.75 Å². The van der Waals surface area contributed by atoms with Crippen molar-refractivity contribution in [3.05, 3.63) is 10.6 Å². The Balaban J connectivity index is 1.82. The average molecular weight is 241 g/mol. The Morgan fingerprint density at radius 2 is 2.33 bits per heavy atom. The van der Waals surface area contributed by atoms with E-state index in [-0.39, 0.29) is 0 Å². The summed E-state index contributed by atoms with van der Waals surface area (Å²) in [5, 5.41) is 8.05. The van der Waals surface area contributed by atoms with Gasteiger partial charge in [0.2, 0.25) is 0 Å². The van der Waals surface area contributed by atoms with Gasteiger partial charge >= 0.3 is 0 Å². The molecule has 0 spiro atoms. The number of aromatic nitrogens is 3. The summed E-state index contributed by atoms with van der Waals surface area (Å²) in [5.74, 6) is 3.20. The van der Waals surface area contributed by atoms with Gasteiger partial charge < -0.3 is 4.57 Å². The second-order valence-electron chi connectivity index (χ2n) is 4.41. The number of hydrogen-bond acceptors (Lipinski definition) is 3. The average Bonchev–Trinajstić information content (AvgIpc) is 2.82. The summed E-state index contributed by atoms with van der Waals surface area (Å²) in [6, 6.07) is 0. The van der Waals surface area contributed by atoms with E-state index in [1.165, 1.54) is 37.3 Å². The maximum atomic E-state index is 5.29. The third-order valence-corrected chi connectivity index (χ3v) is 4.83. The van der Waals surface area contributed by atoms with Crippen LogP contribution in [0, 0.1) is 4.77 Å². The summed E-state index contributed by atoms with van der Waals surface area (Å²) in [6.45, 7) is 1.06. The normalized spacial score (nSPS) is 26.0. The molecule has 82 valence electrons. The first-order valence-electron chi connectivity index (χ1n) is 5.61. The van der Waals surface area contributed by atoms with Crippen LogP contribution in [0.15, 0.2) is 0 Å². The Morgan fingerprint density at radius 3 is 3.00 bits per heavy atom. The molecule has 1 aromatic heterocycles. The minimum absolute atomic E-state index is 0.685. The molecule has 1 aromatic rings. The molecule has 1 saturated heterocycles. The van der Waals surface area contributed by atoms with Gasteiger partial charge in [-0.25, -0.2) is 0 Å². The van der Waals surface area contributed by atoms with Crippen LogP contribution < -0.4 is 0 Å². The van der Waals surface area contributed by atoms with Gasteiger partial charge in [-0.2, -0.15) is 16.9 Å². The molecule has 0 aromatic carbocycles. The van der Waals surface area contributed by atoms with Gasteiger partial charge in [-0.1, -0.05) is 0 Å². The molecule has 1 N–H and O–H groups in total. The molecule has 15 heavy (non-hydrogen) atoms. The second-order valence-corrected chi connectivity index (χ2v) is 6.20. The lowest BCUT2D eigenvalue weighted by Gasteiger charge is -2.11. The SMILES string of the molecule is S=c1[nH]nc(C2CC2)n1CC1CCCS1. The summed E-state index contributed by atoms with van der Waals surface area (Å²) in [7, 11) is 0. The summed E-state index contributed by atoms with van der Waals surface area (Å²) < 4.78 is 3.04. The Bertz CT molecular complexity index is 399. The zero-order chi connectivity index (χ0) is 10.3. The molecule has 0 radical (unpaired) electrons. The van der Waals surface area contributed by atoms with Crippen molar-refractivity contribution < 1.29 is 0 Å². The number of H-pyrrole nitrogens is 1. The first kappa shape index (κ1) is 9.90. The van der Waals surface area contributed by atoms with Crippen molar-refractivity contribution in [2.45, 2.75) is 43.4 Å². The van der Waals surface area contributed by atoms with Crippen molar-refractivity contribution in [2.24, 2.45) is 0 Å². The van der Waals surface area contributed by atoms with Crippen LogP contribution in [0.1, 0.15) is 37.4 Å². The quantitative estimate of drug-likeness (QED) is 0.826. The molecule has 3 nitrogen and oxygen atoms in total. The van der Waals surface area contributed by atoms with E-state index in [4.69, 9.17) is 12.2 Å². The second kappa shape index (κ2) is 3.94. The molecule has 1 aliphatic carbocycles. The topological polar surface area (TPSA) is 33.6 Å². The Kier molecular flexibility index (Phi) is 2.60. The molecule has 0 amide bonds. The van der Waals surface area contributed by atoms with E-state index in [1.54, 1.807) is 0 Å². The van der Waals surface area contributed by atoms with Gasteiger partial charge in [0, 0.05) is 17.7 Å². The van der Waals surface area contributed by atoms with E-state index in [0.717, 1.165) is 16.6 Å². The van der Waals surface area contributed by atoms with Crippen molar-refractivity contribution >= 4 is 24.0 Å². The summed E-state index contributed by atoms with van der Waals surface area (Å²) in [6.07, 6.45) is 5.27. The van der Waals surface area contributed by atoms with Crippen LogP contribution in [-0.4, -0.2) is 25.8 Å². The fourth-order valence-electron chi connectivity index (χ4n) is 2.15. The molecule has 1 atom stereocenters. The highest BCUT2D eigenvalue weighted by Crippen LogP contribution is 2.39. The summed E-state index contributed by atoms with van der Waals surface area (Å²) in [5.41, 5.74) is 0. The summed E-state index contributed by atoms with van der Waals surface area (Å²) in [4.78, 5) is 0. The Labute approximate surface area is 98.6 Å². The number of nitrogens with zero attached hydrogens (tertiary/aromatic N) is 2. The molecule has 1 aliphatic heterocycles. The monoisotopic (exact) mass is 241 g/mol. The van der Waals surface area contributed by atoms with Crippen molar-refractivity contribution in [3.8, 4) is 0 Å². The Morgan fingerprint density at radius 1 is 1.47 bits per heavy atom. The fraction of sp³-hybridized carbons (Fsp3) is 0.800. The molecule has 5 heteroatoms. The number of nitrogens with one attached hydrogen (secondary N) is 1. The minimum Gasteiger partial charge on any atom is -0.303 e. The zero-order valence-corrected chi connectivity index (χ0v) is 10.2. The fourth-order valence-corrected chi connectivity index (χ4v) is 3.62. The zero-order valence-electron chi connectivity index (χ0n) is 8.61. The minimum atomic E-state index is 0.685. The first-order valence-corrected chi connectivity index (χ1v) is 7.07. The summed E-state index contributed by atoms with van der Waals surface area (Å²) >= 11 is 7.37. The van der Waals surface area contributed by atoms with Gasteiger partial charge in [-0.15, -0.1) is 0 Å². The number of thioether (sulfide) groups is 1. The molecule has 1 saturated carbocycles. The lowest BCUT2D eigenvalue weighted by atomic mass is 10.2. The van der Waals surface area contributed by atoms with Crippen LogP contribution in [0.2, 0.25) is 0 Å². The van der Waals surface area contributed by atoms with Crippen LogP contribution in [-0.2, 0) is 6.54 Å². The lowest BCUT2D eigenvalue weighted by molar-refractivity contribution is 0.605. The van der Waals surface area contributed by atoms with E-state index in [2.05, 4.69) is 26.5 Å². The standard InChI is InChI=1S/C10H15N3S2/c14-10-12-11-9(7-3-4-7)13(10)6-8-2-1-5-15-8/h7-8H,1-6H2,(H,12,14). The van der Waals surface area contributed by atoms with E-state index in [1.807, 2.05) is 0 Å². The highest BCUT2D eigenvalue weighted by atomic mass is 32.2. The van der Waals surface area contributed by atoms with E-state index in [9.17, 15) is 0 Å². The Hall–Kier alpha value is -0.290. The van der Waals surface area contributed by atoms with Gasteiger partial charge in [0.05, 0.1) is 0 Å². The number of rotatable bonds is 3. The van der Waals surface area contributed by atoms with Crippen LogP contribution >= 0.6 is 24.0 Å². The molecular formula is C10H15N3S2. The highest BCUT2D eigenvalue weighted by Gasteiger charge is 2.30. The maximum absolute atomic E-state index is 5.29.